The molecule has 0 amide bonds. The molecule has 2 rings (SSSR count). The first-order valence-corrected chi connectivity index (χ1v) is 5.25. The Balaban J connectivity index is 2.06. The van der Waals surface area contributed by atoms with Gasteiger partial charge in [-0.2, -0.15) is 11.8 Å². The maximum Gasteiger partial charge on any atom is 0.163 e. The molecule has 2 aliphatic rings. The second-order valence-corrected chi connectivity index (χ2v) is 4.97. The Morgan fingerprint density at radius 2 is 2.25 bits per heavy atom. The van der Waals surface area contributed by atoms with Crippen LogP contribution in [-0.4, -0.2) is 40.7 Å². The number of rotatable bonds is 1. The average molecular weight is 190 g/mol. The van der Waals surface area contributed by atoms with Crippen LogP contribution in [0.5, 0.6) is 0 Å². The van der Waals surface area contributed by atoms with E-state index in [1.54, 1.807) is 11.8 Å². The van der Waals surface area contributed by atoms with Gasteiger partial charge in [0.05, 0.1) is 18.0 Å². The molecule has 4 heteroatoms. The Bertz CT molecular complexity index is 183. The van der Waals surface area contributed by atoms with Crippen LogP contribution in [-0.2, 0) is 9.47 Å². The van der Waals surface area contributed by atoms with E-state index >= 15 is 0 Å². The number of thioether (sulfide) groups is 1. The fraction of sp³-hybridized carbons (Fsp3) is 1.00. The van der Waals surface area contributed by atoms with Crippen LogP contribution < -0.4 is 0 Å². The second kappa shape index (κ2) is 2.87. The van der Waals surface area contributed by atoms with Crippen molar-refractivity contribution in [1.82, 2.24) is 0 Å². The van der Waals surface area contributed by atoms with Gasteiger partial charge in [0.15, 0.2) is 5.79 Å². The first-order valence-electron chi connectivity index (χ1n) is 4.20. The first kappa shape index (κ1) is 8.81. The summed E-state index contributed by atoms with van der Waals surface area (Å²) < 4.78 is 11.3. The smallest absolute Gasteiger partial charge is 0.163 e. The Morgan fingerprint density at radius 3 is 2.92 bits per heavy atom. The van der Waals surface area contributed by atoms with Gasteiger partial charge in [-0.05, 0) is 13.8 Å². The van der Waals surface area contributed by atoms with Crippen LogP contribution in [0.3, 0.4) is 0 Å². The maximum atomic E-state index is 9.03. The number of fused-ring (bicyclic) bond motifs is 1. The van der Waals surface area contributed by atoms with Gasteiger partial charge in [-0.15, -0.1) is 0 Å². The van der Waals surface area contributed by atoms with Crippen LogP contribution in [0, 0.1) is 0 Å². The summed E-state index contributed by atoms with van der Waals surface area (Å²) in [5.74, 6) is 0.489. The largest absolute Gasteiger partial charge is 0.395 e. The van der Waals surface area contributed by atoms with Crippen molar-refractivity contribution in [1.29, 1.82) is 0 Å². The predicted octanol–water partition coefficient (Wildman–Crippen LogP) is 0.614. The molecular formula is C8H14O3S. The lowest BCUT2D eigenvalue weighted by Gasteiger charge is -2.20. The van der Waals surface area contributed by atoms with Gasteiger partial charge in [-0.1, -0.05) is 0 Å². The van der Waals surface area contributed by atoms with Crippen LogP contribution in [0.2, 0.25) is 0 Å². The normalized spacial score (nSPS) is 44.8. The number of ether oxygens (including phenoxy) is 2. The molecule has 0 radical (unpaired) electrons. The maximum absolute atomic E-state index is 9.03. The molecule has 0 aromatic heterocycles. The highest BCUT2D eigenvalue weighted by Crippen LogP contribution is 2.40. The molecule has 0 aromatic rings. The van der Waals surface area contributed by atoms with E-state index in [0.29, 0.717) is 0 Å². The Kier molecular flexibility index (Phi) is 2.11. The van der Waals surface area contributed by atoms with E-state index < -0.39 is 5.79 Å². The number of aliphatic hydroxyl groups is 1. The summed E-state index contributed by atoms with van der Waals surface area (Å²) in [6.45, 7) is 4.03. The highest BCUT2D eigenvalue weighted by molar-refractivity contribution is 8.00. The van der Waals surface area contributed by atoms with E-state index in [4.69, 9.17) is 14.6 Å². The predicted molar refractivity (Wildman–Crippen MR) is 47.2 cm³/mol. The monoisotopic (exact) mass is 190 g/mol. The third-order valence-electron chi connectivity index (χ3n) is 2.24. The topological polar surface area (TPSA) is 38.7 Å². The van der Waals surface area contributed by atoms with Crippen molar-refractivity contribution >= 4 is 11.8 Å². The van der Waals surface area contributed by atoms with Gasteiger partial charge in [0.1, 0.15) is 6.10 Å². The van der Waals surface area contributed by atoms with Gasteiger partial charge in [0.25, 0.3) is 0 Å². The molecule has 0 spiro atoms. The first-order chi connectivity index (χ1) is 5.62. The summed E-state index contributed by atoms with van der Waals surface area (Å²) in [5, 5.41) is 9.23. The second-order valence-electron chi connectivity index (χ2n) is 3.69. The molecule has 0 aliphatic carbocycles. The van der Waals surface area contributed by atoms with Crippen molar-refractivity contribution in [2.24, 2.45) is 0 Å². The van der Waals surface area contributed by atoms with Crippen molar-refractivity contribution in [2.45, 2.75) is 37.1 Å². The molecule has 0 aromatic carbocycles. The molecule has 3 atom stereocenters. The fourth-order valence-corrected chi connectivity index (χ4v) is 3.00. The number of hydrogen-bond donors (Lipinski definition) is 1. The van der Waals surface area contributed by atoms with Crippen molar-refractivity contribution in [3.8, 4) is 0 Å². The van der Waals surface area contributed by atoms with E-state index in [0.717, 1.165) is 5.75 Å². The summed E-state index contributed by atoms with van der Waals surface area (Å²) in [5.41, 5.74) is 0. The third-order valence-corrected chi connectivity index (χ3v) is 3.61. The fourth-order valence-electron chi connectivity index (χ4n) is 1.78. The number of hydrogen-bond acceptors (Lipinski definition) is 4. The van der Waals surface area contributed by atoms with Gasteiger partial charge in [-0.3, -0.25) is 0 Å². The molecule has 2 heterocycles. The van der Waals surface area contributed by atoms with Crippen molar-refractivity contribution in [3.05, 3.63) is 0 Å². The van der Waals surface area contributed by atoms with E-state index in [1.807, 2.05) is 13.8 Å². The molecule has 1 N–H and O–H groups in total. The molecule has 3 unspecified atom stereocenters. The van der Waals surface area contributed by atoms with E-state index in [2.05, 4.69) is 0 Å². The standard InChI is InChI=1S/C8H14O3S/c1-8(2)10-5-4-12-6(3-9)7(5)11-8/h5-7,9H,3-4H2,1-2H3. The highest BCUT2D eigenvalue weighted by atomic mass is 32.2. The zero-order valence-corrected chi connectivity index (χ0v) is 8.13. The van der Waals surface area contributed by atoms with E-state index in [-0.39, 0.29) is 24.1 Å². The van der Waals surface area contributed by atoms with E-state index in [9.17, 15) is 0 Å². The Morgan fingerprint density at radius 1 is 1.50 bits per heavy atom. The van der Waals surface area contributed by atoms with Crippen molar-refractivity contribution < 1.29 is 14.6 Å². The number of aliphatic hydroxyl groups excluding tert-OH is 1. The minimum Gasteiger partial charge on any atom is -0.395 e. The zero-order valence-electron chi connectivity index (χ0n) is 7.32. The summed E-state index contributed by atoms with van der Waals surface area (Å²) in [6.07, 6.45) is 0.275. The lowest BCUT2D eigenvalue weighted by atomic mass is 10.2. The van der Waals surface area contributed by atoms with Crippen LogP contribution >= 0.6 is 11.8 Å². The molecule has 3 nitrogen and oxygen atoms in total. The molecule has 2 saturated heterocycles. The molecule has 2 aliphatic heterocycles. The minimum atomic E-state index is -0.455. The summed E-state index contributed by atoms with van der Waals surface area (Å²) in [7, 11) is 0. The average Bonchev–Trinajstić information content (AvgIpc) is 2.42. The van der Waals surface area contributed by atoms with Gasteiger partial charge in [0.2, 0.25) is 0 Å². The molecule has 2 fully saturated rings. The van der Waals surface area contributed by atoms with Crippen molar-refractivity contribution in [3.63, 3.8) is 0 Å². The van der Waals surface area contributed by atoms with Crippen LogP contribution in [0.25, 0.3) is 0 Å². The molecular weight excluding hydrogens is 176 g/mol. The molecule has 0 bridgehead atoms. The Hall–Kier alpha value is 0.230. The van der Waals surface area contributed by atoms with Gasteiger partial charge >= 0.3 is 0 Å². The van der Waals surface area contributed by atoms with Crippen LogP contribution in [0.1, 0.15) is 13.8 Å². The van der Waals surface area contributed by atoms with Gasteiger partial charge in [0, 0.05) is 5.75 Å². The third kappa shape index (κ3) is 1.37. The SMILES string of the molecule is CC1(C)OC2CSC(CO)C2O1. The lowest BCUT2D eigenvalue weighted by Crippen LogP contribution is -2.29. The molecule has 70 valence electrons. The summed E-state index contributed by atoms with van der Waals surface area (Å²) in [4.78, 5) is 0. The minimum absolute atomic E-state index is 0.0926. The molecule has 12 heavy (non-hydrogen) atoms. The Labute approximate surface area is 76.4 Å². The summed E-state index contributed by atoms with van der Waals surface area (Å²) >= 11 is 1.74. The highest BCUT2D eigenvalue weighted by Gasteiger charge is 2.49. The lowest BCUT2D eigenvalue weighted by molar-refractivity contribution is -0.146. The summed E-state index contributed by atoms with van der Waals surface area (Å²) in [6, 6.07) is 0. The van der Waals surface area contributed by atoms with Crippen LogP contribution in [0.4, 0.5) is 0 Å². The zero-order chi connectivity index (χ0) is 8.77. The van der Waals surface area contributed by atoms with Crippen LogP contribution in [0.15, 0.2) is 0 Å². The van der Waals surface area contributed by atoms with Gasteiger partial charge in [-0.25, -0.2) is 0 Å². The quantitative estimate of drug-likeness (QED) is 0.657. The van der Waals surface area contributed by atoms with Gasteiger partial charge < -0.3 is 14.6 Å². The van der Waals surface area contributed by atoms with Crippen molar-refractivity contribution in [2.75, 3.05) is 12.4 Å². The van der Waals surface area contributed by atoms with E-state index in [1.165, 1.54) is 0 Å². The molecule has 0 saturated carbocycles.